The molecule has 3 rings (SSSR count). The minimum atomic E-state index is -4.53. The average molecular weight is 426 g/mol. The number of carbonyl (C=O) groups is 1. The summed E-state index contributed by atoms with van der Waals surface area (Å²) in [7, 11) is 1.83. The number of aromatic nitrogens is 2. The fraction of sp³-hybridized carbons (Fsp3) is 0.550. The van der Waals surface area contributed by atoms with Gasteiger partial charge in [0.15, 0.2) is 0 Å². The van der Waals surface area contributed by atoms with Crippen LogP contribution in [-0.4, -0.2) is 58.0 Å². The summed E-state index contributed by atoms with van der Waals surface area (Å²) >= 11 is 0. The zero-order valence-corrected chi connectivity index (χ0v) is 17.0. The molecule has 164 valence electrons. The van der Waals surface area contributed by atoms with Gasteiger partial charge >= 0.3 is 6.18 Å². The monoisotopic (exact) mass is 426 g/mol. The van der Waals surface area contributed by atoms with Crippen molar-refractivity contribution >= 4 is 16.7 Å². The minimum absolute atomic E-state index is 0.0855. The Morgan fingerprint density at radius 1 is 1.30 bits per heavy atom. The van der Waals surface area contributed by atoms with E-state index in [1.54, 1.807) is 13.8 Å². The van der Waals surface area contributed by atoms with E-state index >= 15 is 0 Å². The molecule has 1 unspecified atom stereocenters. The summed E-state index contributed by atoms with van der Waals surface area (Å²) in [6.45, 7) is 4.26. The lowest BCUT2D eigenvalue weighted by molar-refractivity contribution is -0.137. The SMILES string of the molecule is CC(C)c1nn(CC(=O)N[C@@H]2CC(O)CN(C)C2)c(=O)c2ccc(C(F)(F)F)cc12. The van der Waals surface area contributed by atoms with Gasteiger partial charge in [0.2, 0.25) is 5.91 Å². The number of rotatable bonds is 4. The summed E-state index contributed by atoms with van der Waals surface area (Å²) < 4.78 is 40.3. The predicted octanol–water partition coefficient (Wildman–Crippen LogP) is 1.72. The van der Waals surface area contributed by atoms with Gasteiger partial charge in [0, 0.05) is 24.5 Å². The number of aliphatic hydroxyl groups is 1. The van der Waals surface area contributed by atoms with Crippen LogP contribution in [-0.2, 0) is 17.5 Å². The van der Waals surface area contributed by atoms with Crippen LogP contribution in [0.2, 0.25) is 0 Å². The number of nitrogens with zero attached hydrogens (tertiary/aromatic N) is 3. The van der Waals surface area contributed by atoms with Gasteiger partial charge < -0.3 is 15.3 Å². The van der Waals surface area contributed by atoms with E-state index in [0.29, 0.717) is 25.2 Å². The first-order valence-corrected chi connectivity index (χ1v) is 9.73. The van der Waals surface area contributed by atoms with Crippen molar-refractivity contribution in [1.29, 1.82) is 0 Å². The van der Waals surface area contributed by atoms with Crippen molar-refractivity contribution in [3.05, 3.63) is 39.8 Å². The van der Waals surface area contributed by atoms with E-state index in [-0.39, 0.29) is 29.3 Å². The van der Waals surface area contributed by atoms with Gasteiger partial charge in [0.05, 0.1) is 22.7 Å². The highest BCUT2D eigenvalue weighted by atomic mass is 19.4. The van der Waals surface area contributed by atoms with Crippen LogP contribution in [0.15, 0.2) is 23.0 Å². The van der Waals surface area contributed by atoms with Crippen LogP contribution in [0.25, 0.3) is 10.8 Å². The normalized spacial score (nSPS) is 20.7. The zero-order valence-electron chi connectivity index (χ0n) is 17.0. The number of carbonyl (C=O) groups excluding carboxylic acids is 1. The molecule has 2 atom stereocenters. The molecule has 0 radical (unpaired) electrons. The number of benzene rings is 1. The Labute approximate surface area is 171 Å². The fourth-order valence-electron chi connectivity index (χ4n) is 3.82. The molecule has 1 aliphatic heterocycles. The summed E-state index contributed by atoms with van der Waals surface area (Å²) in [5, 5.41) is 17.1. The maximum absolute atomic E-state index is 13.1. The Hall–Kier alpha value is -2.46. The highest BCUT2D eigenvalue weighted by Crippen LogP contribution is 2.32. The largest absolute Gasteiger partial charge is 0.416 e. The Balaban J connectivity index is 1.91. The number of piperidine rings is 1. The van der Waals surface area contributed by atoms with Gasteiger partial charge in [-0.3, -0.25) is 9.59 Å². The van der Waals surface area contributed by atoms with Crippen LogP contribution in [0.3, 0.4) is 0 Å². The summed E-state index contributed by atoms with van der Waals surface area (Å²) in [6, 6.07) is 2.66. The van der Waals surface area contributed by atoms with Crippen molar-refractivity contribution in [2.24, 2.45) is 0 Å². The van der Waals surface area contributed by atoms with Gasteiger partial charge in [-0.2, -0.15) is 18.3 Å². The molecule has 2 heterocycles. The lowest BCUT2D eigenvalue weighted by Gasteiger charge is -2.33. The predicted molar refractivity (Wildman–Crippen MR) is 105 cm³/mol. The van der Waals surface area contributed by atoms with Gasteiger partial charge in [0.1, 0.15) is 6.54 Å². The number of β-amino-alcohol motifs (C(OH)–C–C–N with tert-alkyl or cyclic N) is 1. The first-order chi connectivity index (χ1) is 14.0. The molecule has 2 aromatic rings. The third kappa shape index (κ3) is 4.81. The molecule has 1 aromatic heterocycles. The number of likely N-dealkylation sites (N-methyl/N-ethyl adjacent to an activating group) is 1. The van der Waals surface area contributed by atoms with Crippen LogP contribution in [0.4, 0.5) is 13.2 Å². The van der Waals surface area contributed by atoms with Gasteiger partial charge in [-0.25, -0.2) is 4.68 Å². The number of alkyl halides is 3. The van der Waals surface area contributed by atoms with E-state index in [2.05, 4.69) is 10.4 Å². The summed E-state index contributed by atoms with van der Waals surface area (Å²) in [5.41, 5.74) is -1.16. The smallest absolute Gasteiger partial charge is 0.392 e. The Bertz CT molecular complexity index is 993. The maximum atomic E-state index is 13.1. The molecule has 0 bridgehead atoms. The van der Waals surface area contributed by atoms with E-state index < -0.39 is 29.3 Å². The van der Waals surface area contributed by atoms with Gasteiger partial charge in [-0.15, -0.1) is 0 Å². The summed E-state index contributed by atoms with van der Waals surface area (Å²) in [5.74, 6) is -0.703. The number of hydrogen-bond acceptors (Lipinski definition) is 5. The second-order valence-corrected chi connectivity index (χ2v) is 8.14. The first-order valence-electron chi connectivity index (χ1n) is 9.73. The van der Waals surface area contributed by atoms with Crippen molar-refractivity contribution in [2.75, 3.05) is 20.1 Å². The second kappa shape index (κ2) is 8.35. The first kappa shape index (κ1) is 22.2. The van der Waals surface area contributed by atoms with E-state index in [0.717, 1.165) is 22.9 Å². The van der Waals surface area contributed by atoms with Crippen molar-refractivity contribution < 1.29 is 23.1 Å². The number of nitrogens with one attached hydrogen (secondary N) is 1. The number of halogens is 3. The number of hydrogen-bond donors (Lipinski definition) is 2. The Kier molecular flexibility index (Phi) is 6.19. The summed E-state index contributed by atoms with van der Waals surface area (Å²) in [6.07, 6.45) is -4.67. The number of likely N-dealkylation sites (tertiary alicyclic amines) is 1. The second-order valence-electron chi connectivity index (χ2n) is 8.14. The van der Waals surface area contributed by atoms with E-state index in [9.17, 15) is 27.9 Å². The fourth-order valence-corrected chi connectivity index (χ4v) is 3.82. The van der Waals surface area contributed by atoms with Crippen LogP contribution in [0, 0.1) is 0 Å². The molecule has 1 fully saturated rings. The number of aliphatic hydroxyl groups excluding tert-OH is 1. The molecule has 0 saturated carbocycles. The number of fused-ring (bicyclic) bond motifs is 1. The third-order valence-electron chi connectivity index (χ3n) is 5.13. The molecule has 1 saturated heterocycles. The van der Waals surface area contributed by atoms with Crippen molar-refractivity contribution in [3.63, 3.8) is 0 Å². The topological polar surface area (TPSA) is 87.5 Å². The molecule has 1 aliphatic rings. The zero-order chi connectivity index (χ0) is 22.2. The van der Waals surface area contributed by atoms with E-state index in [1.165, 1.54) is 0 Å². The Morgan fingerprint density at radius 2 is 2.00 bits per heavy atom. The molecule has 1 amide bonds. The number of amides is 1. The average Bonchev–Trinajstić information content (AvgIpc) is 2.61. The quantitative estimate of drug-likeness (QED) is 0.778. The van der Waals surface area contributed by atoms with Crippen LogP contribution < -0.4 is 10.9 Å². The Morgan fingerprint density at radius 3 is 2.60 bits per heavy atom. The summed E-state index contributed by atoms with van der Waals surface area (Å²) in [4.78, 5) is 27.2. The van der Waals surface area contributed by atoms with Crippen molar-refractivity contribution in [3.8, 4) is 0 Å². The van der Waals surface area contributed by atoms with Gasteiger partial charge in [-0.1, -0.05) is 13.8 Å². The molecule has 2 N–H and O–H groups in total. The maximum Gasteiger partial charge on any atom is 0.416 e. The highest BCUT2D eigenvalue weighted by Gasteiger charge is 2.31. The van der Waals surface area contributed by atoms with Gasteiger partial charge in [-0.05, 0) is 37.6 Å². The van der Waals surface area contributed by atoms with E-state index in [4.69, 9.17) is 0 Å². The van der Waals surface area contributed by atoms with Crippen molar-refractivity contribution in [2.45, 2.75) is 51.1 Å². The lowest BCUT2D eigenvalue weighted by atomic mass is 10.0. The van der Waals surface area contributed by atoms with Crippen LogP contribution >= 0.6 is 0 Å². The lowest BCUT2D eigenvalue weighted by Crippen LogP contribution is -2.52. The molecular formula is C20H25F3N4O3. The van der Waals surface area contributed by atoms with Gasteiger partial charge in [0.25, 0.3) is 5.56 Å². The highest BCUT2D eigenvalue weighted by molar-refractivity contribution is 5.85. The van der Waals surface area contributed by atoms with Crippen LogP contribution in [0.1, 0.15) is 37.4 Å². The molecule has 10 heteroatoms. The van der Waals surface area contributed by atoms with E-state index in [1.807, 2.05) is 11.9 Å². The van der Waals surface area contributed by atoms with Crippen LogP contribution in [0.5, 0.6) is 0 Å². The minimum Gasteiger partial charge on any atom is -0.392 e. The standard InChI is InChI=1S/C20H25F3N4O3/c1-11(2)18-16-6-12(20(21,22)23)4-5-15(16)19(30)27(25-18)10-17(29)24-13-7-14(28)9-26(3)8-13/h4-6,11,13-14,28H,7-10H2,1-3H3,(H,24,29)/t13-,14?/m1/s1. The molecule has 0 aliphatic carbocycles. The molecular weight excluding hydrogens is 401 g/mol. The molecule has 7 nitrogen and oxygen atoms in total. The van der Waals surface area contributed by atoms with Crippen molar-refractivity contribution in [1.82, 2.24) is 20.0 Å². The molecule has 0 spiro atoms. The molecule has 1 aromatic carbocycles. The molecule has 30 heavy (non-hydrogen) atoms. The third-order valence-corrected chi connectivity index (χ3v) is 5.13.